The normalized spacial score (nSPS) is 11.3. The molecule has 98 valence electrons. The molecule has 0 heterocycles. The summed E-state index contributed by atoms with van der Waals surface area (Å²) in [5, 5.41) is 8.74. The topological polar surface area (TPSA) is 93.2 Å². The summed E-state index contributed by atoms with van der Waals surface area (Å²) in [6.45, 7) is -3.55. The first-order valence-electron chi connectivity index (χ1n) is 4.46. The molecule has 0 spiro atoms. The third-order valence-corrected chi connectivity index (χ3v) is 3.38. The van der Waals surface area contributed by atoms with Crippen LogP contribution in [0.5, 0.6) is 5.75 Å². The Bertz CT molecular complexity index is 599. The minimum absolute atomic E-state index is 0.0142. The highest BCUT2D eigenvalue weighted by atomic mass is 35.7. The van der Waals surface area contributed by atoms with E-state index >= 15 is 0 Å². The van der Waals surface area contributed by atoms with Crippen molar-refractivity contribution in [2.24, 2.45) is 5.73 Å². The van der Waals surface area contributed by atoms with Gasteiger partial charge in [0.05, 0.1) is 5.56 Å². The van der Waals surface area contributed by atoms with Crippen LogP contribution in [0.25, 0.3) is 0 Å². The third-order valence-electron chi connectivity index (χ3n) is 1.98. The molecular formula is C9H7ClF2N2O3S. The minimum Gasteiger partial charge on any atom is -0.432 e. The highest BCUT2D eigenvalue weighted by Crippen LogP contribution is 2.34. The lowest BCUT2D eigenvalue weighted by Gasteiger charge is -2.13. The molecule has 1 rings (SSSR count). The van der Waals surface area contributed by atoms with Gasteiger partial charge in [-0.25, -0.2) is 8.42 Å². The fourth-order valence-electron chi connectivity index (χ4n) is 1.33. The summed E-state index contributed by atoms with van der Waals surface area (Å²) >= 11 is 0. The van der Waals surface area contributed by atoms with Gasteiger partial charge in [-0.1, -0.05) is 6.07 Å². The third kappa shape index (κ3) is 3.07. The van der Waals surface area contributed by atoms with Crippen molar-refractivity contribution in [2.75, 3.05) is 0 Å². The maximum absolute atomic E-state index is 12.2. The molecule has 0 aliphatic rings. The van der Waals surface area contributed by atoms with Crippen molar-refractivity contribution in [3.05, 3.63) is 23.3 Å². The lowest BCUT2D eigenvalue weighted by molar-refractivity contribution is -0.0519. The maximum Gasteiger partial charge on any atom is 0.387 e. The highest BCUT2D eigenvalue weighted by molar-refractivity contribution is 8.13. The molecule has 0 aromatic heterocycles. The highest BCUT2D eigenvalue weighted by Gasteiger charge is 2.26. The molecule has 0 unspecified atom stereocenters. The van der Waals surface area contributed by atoms with Crippen LogP contribution in [0.1, 0.15) is 11.1 Å². The number of hydrogen-bond donors (Lipinski definition) is 1. The molecular weight excluding hydrogens is 290 g/mol. The van der Waals surface area contributed by atoms with Crippen molar-refractivity contribution >= 4 is 19.7 Å². The molecule has 1 aromatic carbocycles. The zero-order valence-corrected chi connectivity index (χ0v) is 10.3. The molecule has 18 heavy (non-hydrogen) atoms. The van der Waals surface area contributed by atoms with E-state index in [1.165, 1.54) is 6.07 Å². The summed E-state index contributed by atoms with van der Waals surface area (Å²) in [4.78, 5) is -0.703. The average Bonchev–Trinajstić information content (AvgIpc) is 2.25. The van der Waals surface area contributed by atoms with Crippen LogP contribution in [0, 0.1) is 11.3 Å². The second kappa shape index (κ2) is 5.48. The smallest absolute Gasteiger partial charge is 0.387 e. The number of nitrogens with zero attached hydrogens (tertiary/aromatic N) is 1. The van der Waals surface area contributed by atoms with Gasteiger partial charge in [-0.15, -0.1) is 0 Å². The van der Waals surface area contributed by atoms with Gasteiger partial charge in [0, 0.05) is 17.2 Å². The summed E-state index contributed by atoms with van der Waals surface area (Å²) in [6.07, 6.45) is 0. The second-order valence-electron chi connectivity index (χ2n) is 3.06. The Balaban J connectivity index is 3.66. The molecule has 0 saturated heterocycles. The molecule has 0 saturated carbocycles. The molecule has 1 aromatic rings. The second-order valence-corrected chi connectivity index (χ2v) is 5.57. The number of benzene rings is 1. The van der Waals surface area contributed by atoms with Crippen LogP contribution >= 0.6 is 10.7 Å². The standard InChI is InChI=1S/C9H7ClF2N2O3S/c10-18(15,16)8-6(4-14)2-1-5(3-13)7(8)17-9(11)12/h1-2,9H,4,14H2. The van der Waals surface area contributed by atoms with Gasteiger partial charge in [0.2, 0.25) is 0 Å². The Morgan fingerprint density at radius 3 is 2.50 bits per heavy atom. The van der Waals surface area contributed by atoms with Crippen LogP contribution in [-0.4, -0.2) is 15.0 Å². The molecule has 0 radical (unpaired) electrons. The molecule has 2 N–H and O–H groups in total. The van der Waals surface area contributed by atoms with Gasteiger partial charge in [0.25, 0.3) is 9.05 Å². The van der Waals surface area contributed by atoms with Crippen molar-refractivity contribution in [2.45, 2.75) is 18.1 Å². The first-order valence-corrected chi connectivity index (χ1v) is 6.77. The molecule has 0 bridgehead atoms. The number of nitrogens with two attached hydrogens (primary N) is 1. The quantitative estimate of drug-likeness (QED) is 0.851. The van der Waals surface area contributed by atoms with Gasteiger partial charge >= 0.3 is 6.61 Å². The first-order chi connectivity index (χ1) is 8.31. The molecule has 0 atom stereocenters. The summed E-state index contributed by atoms with van der Waals surface area (Å²) < 4.78 is 51.3. The van der Waals surface area contributed by atoms with Crippen LogP contribution in [0.2, 0.25) is 0 Å². The summed E-state index contributed by atoms with van der Waals surface area (Å²) in [7, 11) is 0.771. The number of ether oxygens (including phenoxy) is 1. The number of halogens is 3. The van der Waals surface area contributed by atoms with Gasteiger partial charge in [-0.05, 0) is 11.6 Å². The van der Waals surface area contributed by atoms with Gasteiger partial charge in [-0.2, -0.15) is 14.0 Å². The first kappa shape index (κ1) is 14.6. The predicted octanol–water partition coefficient (Wildman–Crippen LogP) is 1.55. The van der Waals surface area contributed by atoms with Gasteiger partial charge in [0.1, 0.15) is 11.0 Å². The molecule has 9 heteroatoms. The van der Waals surface area contributed by atoms with E-state index in [0.717, 1.165) is 6.07 Å². The van der Waals surface area contributed by atoms with Crippen LogP contribution in [0.3, 0.4) is 0 Å². The van der Waals surface area contributed by atoms with E-state index in [1.54, 1.807) is 6.07 Å². The Kier molecular flexibility index (Phi) is 4.45. The summed E-state index contributed by atoms with van der Waals surface area (Å²) in [5.41, 5.74) is 4.91. The molecule has 0 fully saturated rings. The van der Waals surface area contributed by atoms with Gasteiger partial charge in [0.15, 0.2) is 5.75 Å². The van der Waals surface area contributed by atoms with E-state index < -0.39 is 26.3 Å². The lowest BCUT2D eigenvalue weighted by atomic mass is 10.1. The van der Waals surface area contributed by atoms with E-state index in [0.29, 0.717) is 0 Å². The monoisotopic (exact) mass is 296 g/mol. The fraction of sp³-hybridized carbons (Fsp3) is 0.222. The van der Waals surface area contributed by atoms with E-state index in [-0.39, 0.29) is 17.7 Å². The zero-order chi connectivity index (χ0) is 13.9. The largest absolute Gasteiger partial charge is 0.432 e. The summed E-state index contributed by atoms with van der Waals surface area (Å²) in [6, 6.07) is 3.89. The molecule has 0 aliphatic heterocycles. The fourth-order valence-corrected chi connectivity index (χ4v) is 2.68. The Hall–Kier alpha value is -1.43. The average molecular weight is 297 g/mol. The Morgan fingerprint density at radius 1 is 1.50 bits per heavy atom. The van der Waals surface area contributed by atoms with Crippen LogP contribution in [0.4, 0.5) is 8.78 Å². The lowest BCUT2D eigenvalue weighted by Crippen LogP contribution is -2.11. The van der Waals surface area contributed by atoms with E-state index in [9.17, 15) is 17.2 Å². The number of rotatable bonds is 4. The van der Waals surface area contributed by atoms with E-state index in [2.05, 4.69) is 4.74 Å². The Labute approximate surface area is 106 Å². The molecule has 5 nitrogen and oxygen atoms in total. The van der Waals surface area contributed by atoms with Crippen molar-refractivity contribution in [3.63, 3.8) is 0 Å². The SMILES string of the molecule is N#Cc1ccc(CN)c(S(=O)(=O)Cl)c1OC(F)F. The maximum atomic E-state index is 12.2. The predicted molar refractivity (Wildman–Crippen MR) is 58.7 cm³/mol. The number of hydrogen-bond acceptors (Lipinski definition) is 5. The van der Waals surface area contributed by atoms with Crippen molar-refractivity contribution in [3.8, 4) is 11.8 Å². The van der Waals surface area contributed by atoms with E-state index in [1.807, 2.05) is 0 Å². The van der Waals surface area contributed by atoms with Gasteiger partial charge in [-0.3, -0.25) is 0 Å². The molecule has 0 aliphatic carbocycles. The van der Waals surface area contributed by atoms with Crippen LogP contribution < -0.4 is 10.5 Å². The zero-order valence-electron chi connectivity index (χ0n) is 8.73. The van der Waals surface area contributed by atoms with Gasteiger partial charge < -0.3 is 10.5 Å². The molecule has 0 amide bonds. The minimum atomic E-state index is -4.37. The van der Waals surface area contributed by atoms with Crippen molar-refractivity contribution in [1.82, 2.24) is 0 Å². The van der Waals surface area contributed by atoms with Crippen molar-refractivity contribution < 1.29 is 21.9 Å². The number of nitriles is 1. The number of alkyl halides is 2. The van der Waals surface area contributed by atoms with Crippen molar-refractivity contribution in [1.29, 1.82) is 5.26 Å². The van der Waals surface area contributed by atoms with Crippen LogP contribution in [-0.2, 0) is 15.6 Å². The van der Waals surface area contributed by atoms with E-state index in [4.69, 9.17) is 21.7 Å². The van der Waals surface area contributed by atoms with Crippen LogP contribution in [0.15, 0.2) is 17.0 Å². The summed E-state index contributed by atoms with van der Waals surface area (Å²) in [5.74, 6) is -0.787. The Morgan fingerprint density at radius 2 is 2.11 bits per heavy atom.